The zero-order valence-corrected chi connectivity index (χ0v) is 17.3. The molecule has 1 rings (SSSR count). The molecule has 1 amide bonds. The molecule has 2 atom stereocenters. The molecule has 0 bridgehead atoms. The van der Waals surface area contributed by atoms with E-state index in [9.17, 15) is 14.4 Å². The van der Waals surface area contributed by atoms with Crippen LogP contribution in [-0.2, 0) is 4.79 Å². The van der Waals surface area contributed by atoms with Crippen molar-refractivity contribution in [3.8, 4) is 0 Å². The number of hydrogen-bond acceptors (Lipinski definition) is 8. The predicted octanol–water partition coefficient (Wildman–Crippen LogP) is 0.0365. The van der Waals surface area contributed by atoms with Crippen molar-refractivity contribution in [1.29, 1.82) is 0 Å². The Balaban J connectivity index is 2.36. The van der Waals surface area contributed by atoms with Crippen LogP contribution >= 0.6 is 12.6 Å². The lowest BCUT2D eigenvalue weighted by Crippen LogP contribution is -2.51. The lowest BCUT2D eigenvalue weighted by molar-refractivity contribution is -0.123. The second kappa shape index (κ2) is 12.0. The molecule has 0 saturated heterocycles. The maximum atomic E-state index is 12.0. The maximum Gasteiger partial charge on any atom is 0.253 e. The molecule has 0 radical (unpaired) electrons. The standard InChI is InChI=1S/C18H33N5O3S/c1-11(2)23-13(10-19)18(26)22-9-8-21-15-14(16(24)17(15)25)20-7-5-4-6-12(3)27/h11-13,20-21,23,27H,4-10,19H2,1-3H3,(H,22,26)/t12?,13-/m0/s1. The number of thiol groups is 1. The number of unbranched alkanes of at least 4 members (excludes halogenated alkanes) is 1. The molecular formula is C18H33N5O3S. The summed E-state index contributed by atoms with van der Waals surface area (Å²) in [5.41, 5.74) is 5.23. The summed E-state index contributed by atoms with van der Waals surface area (Å²) in [6, 6.07) is -0.302. The first-order valence-electron chi connectivity index (χ1n) is 9.50. The number of nitrogens with one attached hydrogen (secondary N) is 4. The maximum absolute atomic E-state index is 12.0. The van der Waals surface area contributed by atoms with Crippen LogP contribution in [0.2, 0.25) is 0 Å². The molecule has 0 aliphatic rings. The Kier molecular flexibility index (Phi) is 10.4. The molecule has 0 aromatic heterocycles. The molecule has 27 heavy (non-hydrogen) atoms. The van der Waals surface area contributed by atoms with Gasteiger partial charge in [0.05, 0.1) is 6.04 Å². The normalized spacial score (nSPS) is 13.6. The number of rotatable bonds is 14. The minimum Gasteiger partial charge on any atom is -0.380 e. The summed E-state index contributed by atoms with van der Waals surface area (Å²) in [5.74, 6) is -0.185. The second-order valence-electron chi connectivity index (χ2n) is 7.01. The summed E-state index contributed by atoms with van der Waals surface area (Å²) >= 11 is 4.33. The van der Waals surface area contributed by atoms with Crippen molar-refractivity contribution in [3.05, 3.63) is 20.4 Å². The monoisotopic (exact) mass is 399 g/mol. The third kappa shape index (κ3) is 7.90. The summed E-state index contributed by atoms with van der Waals surface area (Å²) in [6.07, 6.45) is 2.92. The van der Waals surface area contributed by atoms with Gasteiger partial charge in [0.2, 0.25) is 5.91 Å². The van der Waals surface area contributed by atoms with Gasteiger partial charge in [0, 0.05) is 32.2 Å². The van der Waals surface area contributed by atoms with Crippen LogP contribution < -0.4 is 37.9 Å². The van der Waals surface area contributed by atoms with E-state index < -0.39 is 16.9 Å². The van der Waals surface area contributed by atoms with Crippen LogP contribution in [0, 0.1) is 0 Å². The zero-order valence-electron chi connectivity index (χ0n) is 16.4. The highest BCUT2D eigenvalue weighted by Crippen LogP contribution is 2.14. The van der Waals surface area contributed by atoms with Crippen molar-refractivity contribution in [2.75, 3.05) is 36.8 Å². The van der Waals surface area contributed by atoms with Gasteiger partial charge in [0.1, 0.15) is 11.4 Å². The van der Waals surface area contributed by atoms with Gasteiger partial charge in [0.25, 0.3) is 10.9 Å². The first-order chi connectivity index (χ1) is 12.8. The van der Waals surface area contributed by atoms with Gasteiger partial charge in [-0.25, -0.2) is 0 Å². The van der Waals surface area contributed by atoms with Crippen LogP contribution in [0.25, 0.3) is 0 Å². The van der Waals surface area contributed by atoms with Crippen molar-refractivity contribution >= 4 is 29.9 Å². The molecule has 1 unspecified atom stereocenters. The van der Waals surface area contributed by atoms with Gasteiger partial charge < -0.3 is 27.0 Å². The van der Waals surface area contributed by atoms with E-state index >= 15 is 0 Å². The Bertz CT molecular complexity index is 656. The second-order valence-corrected chi connectivity index (χ2v) is 7.89. The summed E-state index contributed by atoms with van der Waals surface area (Å²) in [5, 5.41) is 12.2. The topological polar surface area (TPSA) is 125 Å². The molecule has 0 spiro atoms. The molecule has 0 aliphatic heterocycles. The Labute approximate surface area is 166 Å². The Morgan fingerprint density at radius 3 is 2.11 bits per heavy atom. The molecule has 6 N–H and O–H groups in total. The van der Waals surface area contributed by atoms with Crippen molar-refractivity contribution in [3.63, 3.8) is 0 Å². The molecule has 154 valence electrons. The van der Waals surface area contributed by atoms with Crippen LogP contribution in [0.3, 0.4) is 0 Å². The Morgan fingerprint density at radius 1 is 1.00 bits per heavy atom. The fourth-order valence-electron chi connectivity index (χ4n) is 2.66. The smallest absolute Gasteiger partial charge is 0.253 e. The van der Waals surface area contributed by atoms with Crippen LogP contribution in [-0.4, -0.2) is 49.4 Å². The fourth-order valence-corrected chi connectivity index (χ4v) is 2.84. The van der Waals surface area contributed by atoms with Crippen molar-refractivity contribution in [2.45, 2.75) is 57.4 Å². The Morgan fingerprint density at radius 2 is 1.59 bits per heavy atom. The largest absolute Gasteiger partial charge is 0.380 e. The zero-order chi connectivity index (χ0) is 20.4. The number of anilines is 2. The van der Waals surface area contributed by atoms with E-state index in [2.05, 4.69) is 33.9 Å². The van der Waals surface area contributed by atoms with Gasteiger partial charge in [-0.1, -0.05) is 27.2 Å². The molecule has 0 aliphatic carbocycles. The number of carbonyl (C=O) groups excluding carboxylic acids is 1. The molecule has 0 heterocycles. The highest BCUT2D eigenvalue weighted by atomic mass is 32.1. The van der Waals surface area contributed by atoms with Crippen molar-refractivity contribution < 1.29 is 4.79 Å². The number of amides is 1. The fraction of sp³-hybridized carbons (Fsp3) is 0.722. The van der Waals surface area contributed by atoms with Gasteiger partial charge in [0.15, 0.2) is 0 Å². The molecule has 8 nitrogen and oxygen atoms in total. The quantitative estimate of drug-likeness (QED) is 0.148. The van der Waals surface area contributed by atoms with Gasteiger partial charge in [-0.15, -0.1) is 0 Å². The van der Waals surface area contributed by atoms with Gasteiger partial charge >= 0.3 is 0 Å². The molecular weight excluding hydrogens is 366 g/mol. The van der Waals surface area contributed by atoms with E-state index in [-0.39, 0.29) is 18.5 Å². The summed E-state index contributed by atoms with van der Waals surface area (Å²) in [6.45, 7) is 7.44. The van der Waals surface area contributed by atoms with E-state index in [0.29, 0.717) is 36.3 Å². The number of carbonyl (C=O) groups is 1. The summed E-state index contributed by atoms with van der Waals surface area (Å²) < 4.78 is 0. The molecule has 1 aromatic rings. The number of nitrogens with two attached hydrogens (primary N) is 1. The lowest BCUT2D eigenvalue weighted by Gasteiger charge is -2.19. The number of hydrogen-bond donors (Lipinski definition) is 6. The van der Waals surface area contributed by atoms with Crippen LogP contribution in [0.5, 0.6) is 0 Å². The van der Waals surface area contributed by atoms with Crippen LogP contribution in [0.4, 0.5) is 11.4 Å². The average molecular weight is 400 g/mol. The first-order valence-corrected chi connectivity index (χ1v) is 10.0. The minimum atomic E-state index is -0.519. The first kappa shape index (κ1) is 23.5. The summed E-state index contributed by atoms with van der Waals surface area (Å²) in [7, 11) is 0. The highest BCUT2D eigenvalue weighted by Gasteiger charge is 2.20. The van der Waals surface area contributed by atoms with E-state index in [4.69, 9.17) is 5.73 Å². The third-order valence-corrected chi connectivity index (χ3v) is 4.33. The predicted molar refractivity (Wildman–Crippen MR) is 115 cm³/mol. The van der Waals surface area contributed by atoms with E-state index in [1.54, 1.807) is 0 Å². The molecule has 0 fully saturated rings. The molecule has 0 saturated carbocycles. The van der Waals surface area contributed by atoms with Gasteiger partial charge in [-0.05, 0) is 18.1 Å². The molecule has 1 aromatic carbocycles. The van der Waals surface area contributed by atoms with E-state index in [1.807, 2.05) is 20.8 Å². The third-order valence-electron chi connectivity index (χ3n) is 4.07. The Hall–Kier alpha value is -1.58. The minimum absolute atomic E-state index is 0.149. The SMILES string of the molecule is CC(S)CCCCNc1c(NCCNC(=O)[C@H](CN)NC(C)C)c(=O)c1=O. The van der Waals surface area contributed by atoms with Crippen molar-refractivity contribution in [1.82, 2.24) is 10.6 Å². The van der Waals surface area contributed by atoms with Crippen molar-refractivity contribution in [2.24, 2.45) is 5.73 Å². The van der Waals surface area contributed by atoms with Gasteiger partial charge in [-0.3, -0.25) is 14.4 Å². The molecule has 9 heteroatoms. The van der Waals surface area contributed by atoms with E-state index in [0.717, 1.165) is 19.3 Å². The van der Waals surface area contributed by atoms with Crippen LogP contribution in [0.1, 0.15) is 40.0 Å². The van der Waals surface area contributed by atoms with E-state index in [1.165, 1.54) is 0 Å². The van der Waals surface area contributed by atoms with Crippen LogP contribution in [0.15, 0.2) is 9.59 Å². The average Bonchev–Trinajstić information content (AvgIpc) is 2.62. The lowest BCUT2D eigenvalue weighted by atomic mass is 10.1. The van der Waals surface area contributed by atoms with Gasteiger partial charge in [-0.2, -0.15) is 12.6 Å². The highest BCUT2D eigenvalue weighted by molar-refractivity contribution is 7.80. The summed E-state index contributed by atoms with van der Waals surface area (Å²) in [4.78, 5) is 35.5.